The molecule has 2 amide bonds. The molecular weight excluding hydrogens is 771 g/mol. The van der Waals surface area contributed by atoms with Crippen LogP contribution in [0.5, 0.6) is 0 Å². The van der Waals surface area contributed by atoms with Crippen LogP contribution in [0.1, 0.15) is 83.3 Å². The molecule has 318 valence electrons. The summed E-state index contributed by atoms with van der Waals surface area (Å²) in [5.41, 5.74) is -1.15. The number of ether oxygens (including phenoxy) is 5. The summed E-state index contributed by atoms with van der Waals surface area (Å²) in [6.07, 6.45) is -1.96. The van der Waals surface area contributed by atoms with Crippen LogP contribution in [0.25, 0.3) is 6.08 Å². The zero-order chi connectivity index (χ0) is 41.6. The maximum Gasteiger partial charge on any atom is 0.422 e. The van der Waals surface area contributed by atoms with Gasteiger partial charge in [0.25, 0.3) is 0 Å². The third-order valence-electron chi connectivity index (χ3n) is 11.3. The Balaban J connectivity index is 1.07. The number of alkyl halides is 3. The molecule has 0 aromatic heterocycles. The molecule has 0 radical (unpaired) electrons. The maximum atomic E-state index is 14.6. The normalized spacial score (nSPS) is 29.4. The number of halogens is 3. The topological polar surface area (TPSA) is 188 Å². The molecule has 0 spiro atoms. The standard InChI is InChI=1S/C40H50F3N3O12/c1-37(2,3)55-30(50)14-12-26(20-47)45-28(48)15-16-44-36(52)38-18-27-31-32(57-40(56-31,24-8-9-24)25-10-11-25)34(38)58-46(33(38)35(51)54-27)19-23-6-4-5-22(17-23)7-13-29(49)53-21-39(41,42)43/h4-7,13,17,24-27,31-34,47H,8-12,14-16,18-21H2,1-3H3,(H,44,52)(H,45,48)/t26-,27+,31-,32-,33-,34+,38-/m0/s1. The van der Waals surface area contributed by atoms with Crippen LogP contribution < -0.4 is 10.6 Å². The number of hydrogen-bond donors (Lipinski definition) is 3. The Bertz CT molecular complexity index is 1780. The number of carbonyl (C=O) groups is 5. The lowest BCUT2D eigenvalue weighted by Gasteiger charge is -2.48. The van der Waals surface area contributed by atoms with E-state index in [1.54, 1.807) is 45.0 Å². The number of hydrogen-bond acceptors (Lipinski definition) is 13. The van der Waals surface area contributed by atoms with Gasteiger partial charge in [-0.3, -0.25) is 24.0 Å². The van der Waals surface area contributed by atoms with E-state index in [0.717, 1.165) is 31.8 Å². The van der Waals surface area contributed by atoms with Gasteiger partial charge in [0.15, 0.2) is 18.4 Å². The third kappa shape index (κ3) is 9.05. The molecule has 3 aliphatic carbocycles. The summed E-state index contributed by atoms with van der Waals surface area (Å²) in [6, 6.07) is 4.71. The van der Waals surface area contributed by atoms with Crippen molar-refractivity contribution in [2.45, 2.75) is 133 Å². The first kappa shape index (κ1) is 42.0. The van der Waals surface area contributed by atoms with Gasteiger partial charge >= 0.3 is 24.1 Å². The van der Waals surface area contributed by atoms with E-state index in [9.17, 15) is 42.3 Å². The van der Waals surface area contributed by atoms with Crippen molar-refractivity contribution in [3.8, 4) is 0 Å². The zero-order valence-electron chi connectivity index (χ0n) is 32.6. The zero-order valence-corrected chi connectivity index (χ0v) is 32.6. The quantitative estimate of drug-likeness (QED) is 0.126. The Labute approximate surface area is 333 Å². The first-order chi connectivity index (χ1) is 27.4. The average molecular weight is 822 g/mol. The highest BCUT2D eigenvalue weighted by molar-refractivity contribution is 5.94. The minimum absolute atomic E-state index is 0.0176. The van der Waals surface area contributed by atoms with E-state index >= 15 is 0 Å². The summed E-state index contributed by atoms with van der Waals surface area (Å²) in [4.78, 5) is 72.2. The number of benzene rings is 1. The van der Waals surface area contributed by atoms with Gasteiger partial charge in [-0.2, -0.15) is 18.2 Å². The van der Waals surface area contributed by atoms with Gasteiger partial charge in [-0.05, 0) is 70.1 Å². The highest BCUT2D eigenvalue weighted by Crippen LogP contribution is 2.63. The maximum absolute atomic E-state index is 14.6. The summed E-state index contributed by atoms with van der Waals surface area (Å²) in [7, 11) is 0. The van der Waals surface area contributed by atoms with Crippen LogP contribution in [0.15, 0.2) is 30.3 Å². The molecule has 3 saturated carbocycles. The van der Waals surface area contributed by atoms with Crippen molar-refractivity contribution in [2.24, 2.45) is 17.3 Å². The number of fused-ring (bicyclic) bond motifs is 4. The molecule has 2 bridgehead atoms. The number of nitrogens with zero attached hydrogens (tertiary/aromatic N) is 1. The van der Waals surface area contributed by atoms with Crippen molar-refractivity contribution in [1.29, 1.82) is 0 Å². The molecule has 1 aromatic carbocycles. The highest BCUT2D eigenvalue weighted by Gasteiger charge is 2.78. The number of esters is 3. The number of amides is 2. The van der Waals surface area contributed by atoms with Crippen LogP contribution in [0.4, 0.5) is 13.2 Å². The predicted octanol–water partition coefficient (Wildman–Crippen LogP) is 3.01. The molecular formula is C40H50F3N3O12. The van der Waals surface area contributed by atoms with E-state index in [1.807, 2.05) is 0 Å². The lowest BCUT2D eigenvalue weighted by Crippen LogP contribution is -2.69. The Hall–Kier alpha value is -4.10. The molecule has 6 fully saturated rings. The van der Waals surface area contributed by atoms with Gasteiger partial charge in [0.2, 0.25) is 11.8 Å². The van der Waals surface area contributed by atoms with Crippen molar-refractivity contribution < 1.29 is 70.8 Å². The molecule has 15 nitrogen and oxygen atoms in total. The van der Waals surface area contributed by atoms with E-state index in [1.165, 1.54) is 11.1 Å². The largest absolute Gasteiger partial charge is 0.460 e. The Morgan fingerprint density at radius 2 is 1.76 bits per heavy atom. The lowest BCUT2D eigenvalue weighted by molar-refractivity contribution is -0.235. The van der Waals surface area contributed by atoms with E-state index < -0.39 is 102 Å². The van der Waals surface area contributed by atoms with Crippen molar-refractivity contribution in [1.82, 2.24) is 15.7 Å². The summed E-state index contributed by atoms with van der Waals surface area (Å²) in [5.74, 6) is -3.85. The van der Waals surface area contributed by atoms with Gasteiger partial charge in [-0.25, -0.2) is 4.79 Å². The fourth-order valence-corrected chi connectivity index (χ4v) is 8.65. The molecule has 1 aromatic rings. The molecule has 0 unspecified atom stereocenters. The van der Waals surface area contributed by atoms with Crippen molar-refractivity contribution in [2.75, 3.05) is 19.8 Å². The monoisotopic (exact) mass is 821 g/mol. The first-order valence-electron chi connectivity index (χ1n) is 19.8. The van der Waals surface area contributed by atoms with Crippen LogP contribution in [0.2, 0.25) is 0 Å². The highest BCUT2D eigenvalue weighted by atomic mass is 19.4. The van der Waals surface area contributed by atoms with Gasteiger partial charge in [0.1, 0.15) is 35.4 Å². The molecule has 58 heavy (non-hydrogen) atoms. The molecule has 7 rings (SSSR count). The smallest absolute Gasteiger partial charge is 0.422 e. The summed E-state index contributed by atoms with van der Waals surface area (Å²) in [6.45, 7) is 2.95. The van der Waals surface area contributed by atoms with Crippen LogP contribution in [-0.2, 0) is 59.0 Å². The number of rotatable bonds is 16. The van der Waals surface area contributed by atoms with Crippen molar-refractivity contribution >= 4 is 35.8 Å². The predicted molar refractivity (Wildman–Crippen MR) is 193 cm³/mol. The SMILES string of the molecule is CC(C)(C)OC(=O)CC[C@@H](CO)NC(=O)CCNC(=O)[C@@]12C[C@H]3OC(=O)[C@@H]1N(Cc1cccc(C=CC(=O)OCC(F)(F)F)c1)O[C@@H]2[C@H]1OC(C2CC2)(C2CC2)O[C@H]13. The third-order valence-corrected chi connectivity index (χ3v) is 11.3. The number of carbonyl (C=O) groups excluding carboxylic acids is 5. The van der Waals surface area contributed by atoms with Gasteiger partial charge in [-0.1, -0.05) is 24.3 Å². The fraction of sp³-hybridized carbons (Fsp3) is 0.675. The number of aliphatic hydroxyl groups excluding tert-OH is 1. The summed E-state index contributed by atoms with van der Waals surface area (Å²) >= 11 is 0. The van der Waals surface area contributed by atoms with Crippen LogP contribution in [-0.4, -0.2) is 114 Å². The van der Waals surface area contributed by atoms with Gasteiger partial charge in [0, 0.05) is 43.7 Å². The molecule has 3 aliphatic heterocycles. The summed E-state index contributed by atoms with van der Waals surface area (Å²) < 4.78 is 66.7. The van der Waals surface area contributed by atoms with Gasteiger partial charge in [-0.15, -0.1) is 0 Å². The molecule has 6 aliphatic rings. The minimum Gasteiger partial charge on any atom is -0.460 e. The van der Waals surface area contributed by atoms with E-state index in [0.29, 0.717) is 11.1 Å². The number of nitrogens with one attached hydrogen (secondary N) is 2. The average Bonchev–Trinajstić information content (AvgIpc) is 4.10. The molecule has 3 saturated heterocycles. The van der Waals surface area contributed by atoms with E-state index in [4.69, 9.17) is 23.8 Å². The minimum atomic E-state index is -4.66. The number of aliphatic hydroxyl groups is 1. The van der Waals surface area contributed by atoms with Gasteiger partial charge < -0.3 is 39.4 Å². The van der Waals surface area contributed by atoms with E-state index in [2.05, 4.69) is 15.4 Å². The second kappa shape index (κ2) is 16.2. The second-order valence-electron chi connectivity index (χ2n) is 17.0. The second-order valence-corrected chi connectivity index (χ2v) is 17.0. The van der Waals surface area contributed by atoms with E-state index in [-0.39, 0.29) is 50.6 Å². The first-order valence-corrected chi connectivity index (χ1v) is 19.8. The molecule has 18 heteroatoms. The van der Waals surface area contributed by atoms with Crippen LogP contribution in [0, 0.1) is 17.3 Å². The fourth-order valence-electron chi connectivity index (χ4n) is 8.65. The Morgan fingerprint density at radius 3 is 2.41 bits per heavy atom. The summed E-state index contributed by atoms with van der Waals surface area (Å²) in [5, 5.41) is 16.8. The molecule has 7 atom stereocenters. The van der Waals surface area contributed by atoms with Gasteiger partial charge in [0.05, 0.1) is 19.2 Å². The Kier molecular flexibility index (Phi) is 11.7. The Morgan fingerprint density at radius 1 is 1.05 bits per heavy atom. The van der Waals surface area contributed by atoms with Crippen molar-refractivity contribution in [3.63, 3.8) is 0 Å². The lowest BCUT2D eigenvalue weighted by atomic mass is 9.62. The van der Waals surface area contributed by atoms with Crippen molar-refractivity contribution in [3.05, 3.63) is 41.5 Å². The van der Waals surface area contributed by atoms with Crippen LogP contribution in [0.3, 0.4) is 0 Å². The molecule has 3 heterocycles. The molecule has 3 N–H and O–H groups in total. The number of hydroxylamine groups is 2. The van der Waals surface area contributed by atoms with Crippen LogP contribution >= 0.6 is 0 Å².